The molecule has 3 nitrogen and oxygen atoms in total. The smallest absolute Gasteiger partial charge is 0.305 e. The Bertz CT molecular complexity index is 217. The largest absolute Gasteiger partial charge is 0.466 e. The summed E-state index contributed by atoms with van der Waals surface area (Å²) in [6.07, 6.45) is 16.7. The highest BCUT2D eigenvalue weighted by Gasteiger charge is 2.01. The van der Waals surface area contributed by atoms with Crippen LogP contribution >= 0.6 is 0 Å². The maximum atomic E-state index is 11.3. The first-order chi connectivity index (χ1) is 10.3. The van der Waals surface area contributed by atoms with E-state index in [1.807, 2.05) is 0 Å². The minimum Gasteiger partial charge on any atom is -0.466 e. The lowest BCUT2D eigenvalue weighted by atomic mass is 10.0. The van der Waals surface area contributed by atoms with Crippen LogP contribution in [-0.4, -0.2) is 24.3 Å². The fourth-order valence-electron chi connectivity index (χ4n) is 2.43. The standard InChI is InChI=1S/C18H36O3/c1-2-3-4-5-6-7-8-9-10-11-12-13-15-18(20)21-17-14-16-19/h19H,2-17H2,1H3. The van der Waals surface area contributed by atoms with Crippen molar-refractivity contribution in [3.05, 3.63) is 0 Å². The van der Waals surface area contributed by atoms with Crippen LogP contribution in [0.3, 0.4) is 0 Å². The van der Waals surface area contributed by atoms with E-state index < -0.39 is 0 Å². The zero-order valence-corrected chi connectivity index (χ0v) is 14.1. The highest BCUT2D eigenvalue weighted by Crippen LogP contribution is 2.12. The number of rotatable bonds is 16. The van der Waals surface area contributed by atoms with Gasteiger partial charge in [-0.3, -0.25) is 4.79 Å². The number of esters is 1. The lowest BCUT2D eigenvalue weighted by Crippen LogP contribution is -2.06. The fourth-order valence-corrected chi connectivity index (χ4v) is 2.43. The molecule has 0 aliphatic heterocycles. The van der Waals surface area contributed by atoms with Crippen LogP contribution in [-0.2, 0) is 9.53 Å². The summed E-state index contributed by atoms with van der Waals surface area (Å²) < 4.78 is 4.98. The Morgan fingerprint density at radius 3 is 1.71 bits per heavy atom. The van der Waals surface area contributed by atoms with Crippen LogP contribution in [0.2, 0.25) is 0 Å². The summed E-state index contributed by atoms with van der Waals surface area (Å²) in [7, 11) is 0. The molecule has 0 aromatic carbocycles. The first-order valence-corrected chi connectivity index (χ1v) is 9.07. The molecule has 0 aromatic rings. The zero-order valence-electron chi connectivity index (χ0n) is 14.1. The Kier molecular flexibility index (Phi) is 17.0. The summed E-state index contributed by atoms with van der Waals surface area (Å²) >= 11 is 0. The third-order valence-corrected chi connectivity index (χ3v) is 3.80. The number of unbranched alkanes of at least 4 members (excludes halogenated alkanes) is 11. The summed E-state index contributed by atoms with van der Waals surface area (Å²) in [5, 5.41) is 8.58. The molecular formula is C18H36O3. The highest BCUT2D eigenvalue weighted by molar-refractivity contribution is 5.69. The maximum absolute atomic E-state index is 11.3. The van der Waals surface area contributed by atoms with Gasteiger partial charge in [0.05, 0.1) is 6.61 Å². The van der Waals surface area contributed by atoms with Gasteiger partial charge >= 0.3 is 5.97 Å². The molecule has 0 atom stereocenters. The molecule has 0 heterocycles. The molecule has 126 valence electrons. The summed E-state index contributed by atoms with van der Waals surface area (Å²) in [5.41, 5.74) is 0. The summed E-state index contributed by atoms with van der Waals surface area (Å²) in [4.78, 5) is 11.3. The van der Waals surface area contributed by atoms with Crippen molar-refractivity contribution >= 4 is 5.97 Å². The molecule has 0 radical (unpaired) electrons. The Morgan fingerprint density at radius 1 is 0.762 bits per heavy atom. The highest BCUT2D eigenvalue weighted by atomic mass is 16.5. The van der Waals surface area contributed by atoms with Gasteiger partial charge in [-0.15, -0.1) is 0 Å². The summed E-state index contributed by atoms with van der Waals surface area (Å²) in [5.74, 6) is -0.115. The normalized spacial score (nSPS) is 10.8. The number of hydrogen-bond acceptors (Lipinski definition) is 3. The molecule has 0 saturated heterocycles. The second-order valence-corrected chi connectivity index (χ2v) is 5.94. The third-order valence-electron chi connectivity index (χ3n) is 3.80. The molecule has 0 saturated carbocycles. The second kappa shape index (κ2) is 17.5. The average Bonchev–Trinajstić information content (AvgIpc) is 2.48. The van der Waals surface area contributed by atoms with Gasteiger partial charge < -0.3 is 9.84 Å². The first kappa shape index (κ1) is 20.4. The fraction of sp³-hybridized carbons (Fsp3) is 0.944. The monoisotopic (exact) mass is 300 g/mol. The predicted molar refractivity (Wildman–Crippen MR) is 88.4 cm³/mol. The van der Waals surface area contributed by atoms with Crippen LogP contribution in [0.25, 0.3) is 0 Å². The molecule has 3 heteroatoms. The SMILES string of the molecule is CCCCCCCCCCCCCCC(=O)OCCCO. The van der Waals surface area contributed by atoms with Crippen molar-refractivity contribution in [3.8, 4) is 0 Å². The second-order valence-electron chi connectivity index (χ2n) is 5.94. The average molecular weight is 300 g/mol. The van der Waals surface area contributed by atoms with Crippen LogP contribution in [0.1, 0.15) is 96.8 Å². The quantitative estimate of drug-likeness (QED) is 0.322. The van der Waals surface area contributed by atoms with E-state index in [4.69, 9.17) is 9.84 Å². The van der Waals surface area contributed by atoms with E-state index in [0.717, 1.165) is 12.8 Å². The molecule has 1 N–H and O–H groups in total. The zero-order chi connectivity index (χ0) is 15.6. The van der Waals surface area contributed by atoms with E-state index in [1.54, 1.807) is 0 Å². The third kappa shape index (κ3) is 17.4. The Labute approximate surface area is 131 Å². The van der Waals surface area contributed by atoms with Gasteiger partial charge in [0.15, 0.2) is 0 Å². The van der Waals surface area contributed by atoms with Gasteiger partial charge in [0, 0.05) is 19.4 Å². The van der Waals surface area contributed by atoms with E-state index in [9.17, 15) is 4.79 Å². The lowest BCUT2D eigenvalue weighted by molar-refractivity contribution is -0.144. The van der Waals surface area contributed by atoms with Gasteiger partial charge in [-0.1, -0.05) is 77.6 Å². The van der Waals surface area contributed by atoms with Crippen molar-refractivity contribution in [3.63, 3.8) is 0 Å². The number of carbonyl (C=O) groups excluding carboxylic acids is 1. The molecule has 21 heavy (non-hydrogen) atoms. The molecule has 0 aliphatic carbocycles. The van der Waals surface area contributed by atoms with Gasteiger partial charge in [-0.2, -0.15) is 0 Å². The van der Waals surface area contributed by atoms with Crippen molar-refractivity contribution in [2.24, 2.45) is 0 Å². The minimum absolute atomic E-state index is 0.0892. The number of aliphatic hydroxyl groups excluding tert-OH is 1. The molecule has 0 aromatic heterocycles. The number of ether oxygens (including phenoxy) is 1. The summed E-state index contributed by atoms with van der Waals surface area (Å²) in [6, 6.07) is 0. The molecular weight excluding hydrogens is 264 g/mol. The topological polar surface area (TPSA) is 46.5 Å². The lowest BCUT2D eigenvalue weighted by Gasteiger charge is -2.04. The van der Waals surface area contributed by atoms with E-state index in [1.165, 1.54) is 64.2 Å². The molecule has 0 unspecified atom stereocenters. The minimum atomic E-state index is -0.115. The van der Waals surface area contributed by atoms with E-state index in [-0.39, 0.29) is 12.6 Å². The summed E-state index contributed by atoms with van der Waals surface area (Å²) in [6.45, 7) is 2.70. The molecule has 0 aliphatic rings. The van der Waals surface area contributed by atoms with Crippen LogP contribution < -0.4 is 0 Å². The van der Waals surface area contributed by atoms with E-state index in [2.05, 4.69) is 6.92 Å². The van der Waals surface area contributed by atoms with Crippen molar-refractivity contribution in [1.82, 2.24) is 0 Å². The Balaban J connectivity index is 3.06. The van der Waals surface area contributed by atoms with Crippen LogP contribution in [0.5, 0.6) is 0 Å². The predicted octanol–water partition coefficient (Wildman–Crippen LogP) is 5.00. The number of hydrogen-bond donors (Lipinski definition) is 1. The van der Waals surface area contributed by atoms with Gasteiger partial charge in [0.2, 0.25) is 0 Å². The molecule has 0 amide bonds. The van der Waals surface area contributed by atoms with Gasteiger partial charge in [0.1, 0.15) is 0 Å². The first-order valence-electron chi connectivity index (χ1n) is 9.07. The van der Waals surface area contributed by atoms with Gasteiger partial charge in [-0.25, -0.2) is 0 Å². The molecule has 0 fully saturated rings. The maximum Gasteiger partial charge on any atom is 0.305 e. The molecule has 0 bridgehead atoms. The van der Waals surface area contributed by atoms with Crippen LogP contribution in [0, 0.1) is 0 Å². The van der Waals surface area contributed by atoms with Gasteiger partial charge in [-0.05, 0) is 6.42 Å². The van der Waals surface area contributed by atoms with E-state index in [0.29, 0.717) is 19.4 Å². The van der Waals surface area contributed by atoms with Crippen molar-refractivity contribution in [2.45, 2.75) is 96.8 Å². The van der Waals surface area contributed by atoms with E-state index >= 15 is 0 Å². The number of aliphatic hydroxyl groups is 1. The molecule has 0 rings (SSSR count). The van der Waals surface area contributed by atoms with Crippen molar-refractivity contribution in [2.75, 3.05) is 13.2 Å². The van der Waals surface area contributed by atoms with Crippen LogP contribution in [0.4, 0.5) is 0 Å². The van der Waals surface area contributed by atoms with Crippen molar-refractivity contribution in [1.29, 1.82) is 0 Å². The van der Waals surface area contributed by atoms with Gasteiger partial charge in [0.25, 0.3) is 0 Å². The Morgan fingerprint density at radius 2 is 1.24 bits per heavy atom. The van der Waals surface area contributed by atoms with Crippen molar-refractivity contribution < 1.29 is 14.6 Å². The van der Waals surface area contributed by atoms with Crippen LogP contribution in [0.15, 0.2) is 0 Å². The molecule has 0 spiro atoms. The Hall–Kier alpha value is -0.570. The number of carbonyl (C=O) groups is 1.